The van der Waals surface area contributed by atoms with Gasteiger partial charge in [-0.3, -0.25) is 4.90 Å². The van der Waals surface area contributed by atoms with Crippen molar-refractivity contribution in [2.45, 2.75) is 19.7 Å². The zero-order valence-electron chi connectivity index (χ0n) is 12.7. The van der Waals surface area contributed by atoms with Crippen LogP contribution >= 0.6 is 12.2 Å². The summed E-state index contributed by atoms with van der Waals surface area (Å²) in [6.45, 7) is 5.34. The van der Waals surface area contributed by atoms with E-state index in [2.05, 4.69) is 16.9 Å². The summed E-state index contributed by atoms with van der Waals surface area (Å²) >= 11 is 5.29. The maximum Gasteiger partial charge on any atom is 0.288 e. The first-order valence-corrected chi connectivity index (χ1v) is 7.92. The zero-order valence-corrected chi connectivity index (χ0v) is 13.5. The summed E-state index contributed by atoms with van der Waals surface area (Å²) < 4.78 is 23.6. The lowest BCUT2D eigenvalue weighted by atomic mass is 10.2. The van der Waals surface area contributed by atoms with E-state index in [4.69, 9.17) is 30.8 Å². The molecule has 23 heavy (non-hydrogen) atoms. The van der Waals surface area contributed by atoms with Gasteiger partial charge in [0.25, 0.3) is 4.84 Å². The molecule has 2 aliphatic rings. The van der Waals surface area contributed by atoms with E-state index in [1.807, 2.05) is 18.2 Å². The van der Waals surface area contributed by atoms with Gasteiger partial charge in [0.2, 0.25) is 12.7 Å². The summed E-state index contributed by atoms with van der Waals surface area (Å²) in [7, 11) is 0. The minimum atomic E-state index is 0.221. The SMILES string of the molecule is CC1CN(Cn2nc(-c3ccc4c(c3)OCO4)oc2=S)CCO1. The Bertz CT molecular complexity index is 772. The summed E-state index contributed by atoms with van der Waals surface area (Å²) in [6, 6.07) is 5.58. The van der Waals surface area contributed by atoms with Crippen LogP contribution in [0.1, 0.15) is 6.92 Å². The highest BCUT2D eigenvalue weighted by molar-refractivity contribution is 7.71. The molecule has 1 aromatic carbocycles. The van der Waals surface area contributed by atoms with E-state index in [0.29, 0.717) is 23.1 Å². The Balaban J connectivity index is 1.56. The van der Waals surface area contributed by atoms with Crippen LogP contribution in [0.2, 0.25) is 0 Å². The van der Waals surface area contributed by atoms with Crippen LogP contribution in [0.4, 0.5) is 0 Å². The van der Waals surface area contributed by atoms with Gasteiger partial charge in [0, 0.05) is 18.7 Å². The lowest BCUT2D eigenvalue weighted by Crippen LogP contribution is -2.42. The molecule has 8 heteroatoms. The van der Waals surface area contributed by atoms with Crippen molar-refractivity contribution in [1.29, 1.82) is 0 Å². The van der Waals surface area contributed by atoms with Crippen molar-refractivity contribution in [3.05, 3.63) is 23.0 Å². The van der Waals surface area contributed by atoms with Gasteiger partial charge in [0.1, 0.15) is 0 Å². The molecule has 4 rings (SSSR count). The normalized spacial score (nSPS) is 20.8. The fourth-order valence-corrected chi connectivity index (χ4v) is 2.93. The van der Waals surface area contributed by atoms with Crippen molar-refractivity contribution in [3.8, 4) is 23.0 Å². The van der Waals surface area contributed by atoms with Crippen molar-refractivity contribution >= 4 is 12.2 Å². The van der Waals surface area contributed by atoms with Gasteiger partial charge >= 0.3 is 0 Å². The molecule has 122 valence electrons. The van der Waals surface area contributed by atoms with Crippen LogP contribution in [0, 0.1) is 4.84 Å². The van der Waals surface area contributed by atoms with E-state index in [9.17, 15) is 0 Å². The van der Waals surface area contributed by atoms with Crippen molar-refractivity contribution in [2.75, 3.05) is 26.5 Å². The Morgan fingerprint density at radius 2 is 2.17 bits per heavy atom. The average molecular weight is 335 g/mol. The molecule has 0 amide bonds. The minimum Gasteiger partial charge on any atom is -0.454 e. The second kappa shape index (κ2) is 5.95. The van der Waals surface area contributed by atoms with E-state index in [1.165, 1.54) is 0 Å². The van der Waals surface area contributed by atoms with Crippen molar-refractivity contribution < 1.29 is 18.6 Å². The number of fused-ring (bicyclic) bond motifs is 1. The molecule has 7 nitrogen and oxygen atoms in total. The number of rotatable bonds is 3. The van der Waals surface area contributed by atoms with Gasteiger partial charge in [-0.25, -0.2) is 4.68 Å². The molecule has 0 N–H and O–H groups in total. The molecule has 3 heterocycles. The number of benzene rings is 1. The van der Waals surface area contributed by atoms with E-state index >= 15 is 0 Å². The first-order chi connectivity index (χ1) is 11.2. The summed E-state index contributed by atoms with van der Waals surface area (Å²) in [5, 5.41) is 4.49. The second-order valence-electron chi connectivity index (χ2n) is 5.64. The van der Waals surface area contributed by atoms with Crippen LogP contribution in [0.5, 0.6) is 11.5 Å². The molecular formula is C15H17N3O4S. The predicted octanol–water partition coefficient (Wildman–Crippen LogP) is 2.28. The molecule has 1 fully saturated rings. The van der Waals surface area contributed by atoms with Gasteiger partial charge in [-0.05, 0) is 37.3 Å². The van der Waals surface area contributed by atoms with Crippen LogP contribution in [0.25, 0.3) is 11.5 Å². The lowest BCUT2D eigenvalue weighted by Gasteiger charge is -2.30. The second-order valence-corrected chi connectivity index (χ2v) is 5.99. The minimum absolute atomic E-state index is 0.221. The van der Waals surface area contributed by atoms with Gasteiger partial charge in [0.15, 0.2) is 11.5 Å². The molecular weight excluding hydrogens is 318 g/mol. The van der Waals surface area contributed by atoms with Crippen LogP contribution in [0.3, 0.4) is 0 Å². The van der Waals surface area contributed by atoms with Gasteiger partial charge in [-0.2, -0.15) is 0 Å². The molecule has 2 aromatic rings. The summed E-state index contributed by atoms with van der Waals surface area (Å²) in [4.78, 5) is 2.60. The molecule has 0 aliphatic carbocycles. The van der Waals surface area contributed by atoms with E-state index in [0.717, 1.165) is 31.0 Å². The predicted molar refractivity (Wildman–Crippen MR) is 83.9 cm³/mol. The Morgan fingerprint density at radius 3 is 3.04 bits per heavy atom. The number of nitrogens with zero attached hydrogens (tertiary/aromatic N) is 3. The maximum atomic E-state index is 5.64. The molecule has 0 bridgehead atoms. The van der Waals surface area contributed by atoms with Crippen LogP contribution in [-0.2, 0) is 11.4 Å². The number of morpholine rings is 1. The average Bonchev–Trinajstić information content (AvgIpc) is 3.14. The van der Waals surface area contributed by atoms with E-state index in [-0.39, 0.29) is 12.9 Å². The number of ether oxygens (including phenoxy) is 3. The van der Waals surface area contributed by atoms with Crippen molar-refractivity contribution in [1.82, 2.24) is 14.7 Å². The third-order valence-corrected chi connectivity index (χ3v) is 4.18. The third kappa shape index (κ3) is 2.97. The summed E-state index contributed by atoms with van der Waals surface area (Å²) in [5.41, 5.74) is 0.814. The Labute approximate surface area is 138 Å². The van der Waals surface area contributed by atoms with E-state index in [1.54, 1.807) is 4.68 Å². The molecule has 1 saturated heterocycles. The molecule has 0 radical (unpaired) electrons. The molecule has 1 aromatic heterocycles. The Morgan fingerprint density at radius 1 is 1.30 bits per heavy atom. The summed E-state index contributed by atoms with van der Waals surface area (Å²) in [5.74, 6) is 1.91. The number of hydrogen-bond acceptors (Lipinski definition) is 7. The van der Waals surface area contributed by atoms with Crippen LogP contribution in [0.15, 0.2) is 22.6 Å². The molecule has 2 aliphatic heterocycles. The van der Waals surface area contributed by atoms with Crippen molar-refractivity contribution in [2.24, 2.45) is 0 Å². The highest BCUT2D eigenvalue weighted by Gasteiger charge is 2.20. The first kappa shape index (κ1) is 14.7. The Kier molecular flexibility index (Phi) is 3.80. The topological polar surface area (TPSA) is 61.9 Å². The van der Waals surface area contributed by atoms with Gasteiger partial charge in [-0.1, -0.05) is 0 Å². The standard InChI is InChI=1S/C15H17N3O4S/c1-10-7-17(4-5-19-10)8-18-15(23)22-14(16-18)11-2-3-12-13(6-11)21-9-20-12/h2-3,6,10H,4-5,7-9H2,1H3. The lowest BCUT2D eigenvalue weighted by molar-refractivity contribution is -0.0309. The smallest absolute Gasteiger partial charge is 0.288 e. The van der Waals surface area contributed by atoms with Gasteiger partial charge in [0.05, 0.1) is 19.4 Å². The first-order valence-electron chi connectivity index (χ1n) is 7.51. The van der Waals surface area contributed by atoms with Crippen molar-refractivity contribution in [3.63, 3.8) is 0 Å². The van der Waals surface area contributed by atoms with Crippen LogP contribution in [-0.4, -0.2) is 47.3 Å². The maximum absolute atomic E-state index is 5.64. The quantitative estimate of drug-likeness (QED) is 0.797. The number of aromatic nitrogens is 2. The van der Waals surface area contributed by atoms with Gasteiger partial charge < -0.3 is 18.6 Å². The largest absolute Gasteiger partial charge is 0.454 e. The van der Waals surface area contributed by atoms with Gasteiger partial charge in [-0.15, -0.1) is 5.10 Å². The Hall–Kier alpha value is -1.90. The zero-order chi connectivity index (χ0) is 15.8. The molecule has 0 saturated carbocycles. The highest BCUT2D eigenvalue weighted by Crippen LogP contribution is 2.35. The fourth-order valence-electron chi connectivity index (χ4n) is 2.75. The third-order valence-electron chi connectivity index (χ3n) is 3.88. The highest BCUT2D eigenvalue weighted by atomic mass is 32.1. The van der Waals surface area contributed by atoms with Crippen LogP contribution < -0.4 is 9.47 Å². The van der Waals surface area contributed by atoms with E-state index < -0.39 is 0 Å². The monoisotopic (exact) mass is 335 g/mol. The molecule has 1 atom stereocenters. The molecule has 1 unspecified atom stereocenters. The molecule has 0 spiro atoms. The fraction of sp³-hybridized carbons (Fsp3) is 0.467. The summed E-state index contributed by atoms with van der Waals surface area (Å²) in [6.07, 6.45) is 0.221. The number of hydrogen-bond donors (Lipinski definition) is 0.